The molecule has 0 aliphatic carbocycles. The highest BCUT2D eigenvalue weighted by Gasteiger charge is 2.26. The van der Waals surface area contributed by atoms with E-state index in [0.29, 0.717) is 43.4 Å². The molecule has 2 aromatic rings. The van der Waals surface area contributed by atoms with Crippen LogP contribution in [0.2, 0.25) is 0 Å². The Kier molecular flexibility index (Phi) is 8.52. The fourth-order valence-corrected chi connectivity index (χ4v) is 5.56. The summed E-state index contributed by atoms with van der Waals surface area (Å²) in [5.41, 5.74) is 0.253. The van der Waals surface area contributed by atoms with Gasteiger partial charge in [0.2, 0.25) is 5.91 Å². The minimum absolute atomic E-state index is 0.0506. The summed E-state index contributed by atoms with van der Waals surface area (Å²) in [5.74, 6) is -0.476. The molecule has 37 heavy (non-hydrogen) atoms. The van der Waals surface area contributed by atoms with Gasteiger partial charge in [-0.05, 0) is 19.1 Å². The number of amides is 2. The van der Waals surface area contributed by atoms with E-state index in [1.807, 2.05) is 11.8 Å². The van der Waals surface area contributed by atoms with E-state index >= 15 is 0 Å². The van der Waals surface area contributed by atoms with Crippen LogP contribution >= 0.6 is 11.3 Å². The number of oxime groups is 1. The van der Waals surface area contributed by atoms with Crippen LogP contribution < -0.4 is 5.32 Å². The molecule has 12 nitrogen and oxygen atoms in total. The third-order valence-corrected chi connectivity index (χ3v) is 7.95. The topological polar surface area (TPSA) is 143 Å². The Bertz CT molecular complexity index is 1260. The molecule has 2 amide bonds. The molecule has 2 atom stereocenters. The molecule has 2 aromatic heterocycles. The number of anilines is 1. The van der Waals surface area contributed by atoms with Crippen LogP contribution in [0.5, 0.6) is 0 Å². The Balaban J connectivity index is 1.44. The predicted molar refractivity (Wildman–Crippen MR) is 137 cm³/mol. The van der Waals surface area contributed by atoms with E-state index in [-0.39, 0.29) is 28.8 Å². The number of piperazine rings is 1. The zero-order valence-corrected chi connectivity index (χ0v) is 22.5. The van der Waals surface area contributed by atoms with E-state index in [2.05, 4.69) is 25.3 Å². The maximum atomic E-state index is 13.2. The van der Waals surface area contributed by atoms with Crippen molar-refractivity contribution < 1.29 is 27.6 Å². The fourth-order valence-electron chi connectivity index (χ4n) is 4.15. The van der Waals surface area contributed by atoms with Gasteiger partial charge in [-0.2, -0.15) is 0 Å². The summed E-state index contributed by atoms with van der Waals surface area (Å²) in [6.45, 7) is 7.40. The van der Waals surface area contributed by atoms with Gasteiger partial charge in [0.25, 0.3) is 5.91 Å². The molecule has 2 aliphatic heterocycles. The van der Waals surface area contributed by atoms with Crippen LogP contribution in [0.1, 0.15) is 30.7 Å². The Hall–Kier alpha value is -2.94. The Morgan fingerprint density at radius 3 is 2.70 bits per heavy atom. The fraction of sp³-hybridized carbons (Fsp3) is 0.522. The Morgan fingerprint density at radius 2 is 2.08 bits per heavy atom. The van der Waals surface area contributed by atoms with Gasteiger partial charge in [0.05, 0.1) is 13.2 Å². The first-order valence-electron chi connectivity index (χ1n) is 11.8. The van der Waals surface area contributed by atoms with Gasteiger partial charge >= 0.3 is 0 Å². The SMILES string of the molecule is CC(=O)N1CCN(Cc2cnc(NC(=O)/C(=N/O[C@@H]3CCOC3)c3ccc(S(C)(=O)=O)nc3)s2)C[C@@H]1C. The van der Waals surface area contributed by atoms with Crippen molar-refractivity contribution in [1.29, 1.82) is 0 Å². The molecule has 2 saturated heterocycles. The number of hydrogen-bond donors (Lipinski definition) is 1. The standard InChI is InChI=1S/C23H30N6O6S2/c1-15-12-28(7-8-29(15)16(2)30)13-19-11-25-23(36-19)26-22(31)21(27-35-18-6-9-34-14-18)17-4-5-20(24-10-17)37(3,32)33/h4-5,10-11,15,18H,6-9,12-14H2,1-3H3,(H,25,26,31)/b27-21+/t15-,18+/m0/s1. The summed E-state index contributed by atoms with van der Waals surface area (Å²) in [6.07, 6.45) is 4.43. The molecule has 0 spiro atoms. The highest BCUT2D eigenvalue weighted by atomic mass is 32.2. The summed E-state index contributed by atoms with van der Waals surface area (Å²) < 4.78 is 28.8. The van der Waals surface area contributed by atoms with Crippen LogP contribution in [0.15, 0.2) is 34.7 Å². The van der Waals surface area contributed by atoms with E-state index in [1.165, 1.54) is 29.7 Å². The van der Waals surface area contributed by atoms with Crippen LogP contribution in [0.25, 0.3) is 0 Å². The maximum Gasteiger partial charge on any atom is 0.280 e. The lowest BCUT2D eigenvalue weighted by Crippen LogP contribution is -2.52. The van der Waals surface area contributed by atoms with E-state index in [9.17, 15) is 18.0 Å². The van der Waals surface area contributed by atoms with Crippen molar-refractivity contribution in [1.82, 2.24) is 19.8 Å². The van der Waals surface area contributed by atoms with Crippen molar-refractivity contribution in [3.63, 3.8) is 0 Å². The first kappa shape index (κ1) is 27.1. The number of nitrogens with one attached hydrogen (secondary N) is 1. The van der Waals surface area contributed by atoms with Gasteiger partial charge in [0.15, 0.2) is 31.8 Å². The Morgan fingerprint density at radius 1 is 1.27 bits per heavy atom. The predicted octanol–water partition coefficient (Wildman–Crippen LogP) is 1.14. The summed E-state index contributed by atoms with van der Waals surface area (Å²) in [7, 11) is -3.49. The van der Waals surface area contributed by atoms with Crippen LogP contribution in [0.3, 0.4) is 0 Å². The molecule has 2 aliphatic rings. The van der Waals surface area contributed by atoms with Crippen LogP contribution in [-0.2, 0) is 35.5 Å². The van der Waals surface area contributed by atoms with Crippen molar-refractivity contribution in [2.24, 2.45) is 5.16 Å². The number of aromatic nitrogens is 2. The second-order valence-electron chi connectivity index (χ2n) is 9.07. The molecule has 4 rings (SSSR count). The molecule has 0 saturated carbocycles. The molecule has 4 heterocycles. The minimum Gasteiger partial charge on any atom is -0.389 e. The van der Waals surface area contributed by atoms with Crippen molar-refractivity contribution >= 4 is 43.8 Å². The highest BCUT2D eigenvalue weighted by Crippen LogP contribution is 2.22. The second-order valence-corrected chi connectivity index (χ2v) is 12.1. The smallest absolute Gasteiger partial charge is 0.280 e. The van der Waals surface area contributed by atoms with Crippen LogP contribution in [0, 0.1) is 0 Å². The number of hydrogen-bond acceptors (Lipinski definition) is 11. The molecule has 200 valence electrons. The van der Waals surface area contributed by atoms with Gasteiger partial charge in [-0.3, -0.25) is 19.8 Å². The lowest BCUT2D eigenvalue weighted by molar-refractivity contribution is -0.133. The number of pyridine rings is 1. The lowest BCUT2D eigenvalue weighted by atomic mass is 10.2. The van der Waals surface area contributed by atoms with E-state index < -0.39 is 15.7 Å². The zero-order chi connectivity index (χ0) is 26.6. The van der Waals surface area contributed by atoms with Gasteiger partial charge in [-0.15, -0.1) is 11.3 Å². The highest BCUT2D eigenvalue weighted by molar-refractivity contribution is 7.90. The monoisotopic (exact) mass is 550 g/mol. The van der Waals surface area contributed by atoms with E-state index in [0.717, 1.165) is 24.2 Å². The van der Waals surface area contributed by atoms with Gasteiger partial charge in [0.1, 0.15) is 0 Å². The average molecular weight is 551 g/mol. The van der Waals surface area contributed by atoms with Crippen LogP contribution in [-0.4, -0.2) is 97.0 Å². The summed E-state index contributed by atoms with van der Waals surface area (Å²) in [6, 6.07) is 2.91. The number of sulfone groups is 1. The van der Waals surface area contributed by atoms with Crippen LogP contribution in [0.4, 0.5) is 5.13 Å². The van der Waals surface area contributed by atoms with Crippen molar-refractivity contribution in [2.45, 2.75) is 44.0 Å². The quantitative estimate of drug-likeness (QED) is 0.378. The number of nitrogens with zero attached hydrogens (tertiary/aromatic N) is 5. The molecule has 0 bridgehead atoms. The number of thiazole rings is 1. The van der Waals surface area contributed by atoms with E-state index in [1.54, 1.807) is 13.1 Å². The minimum atomic E-state index is -3.49. The number of rotatable bonds is 8. The summed E-state index contributed by atoms with van der Waals surface area (Å²) in [5, 5.41) is 7.11. The molecular weight excluding hydrogens is 520 g/mol. The average Bonchev–Trinajstić information content (AvgIpc) is 3.51. The summed E-state index contributed by atoms with van der Waals surface area (Å²) in [4.78, 5) is 43.8. The van der Waals surface area contributed by atoms with Gasteiger partial charge in [0, 0.05) is 74.7 Å². The third kappa shape index (κ3) is 7.09. The molecule has 2 fully saturated rings. The van der Waals surface area contributed by atoms with Crippen molar-refractivity contribution in [2.75, 3.05) is 44.4 Å². The third-order valence-electron chi connectivity index (χ3n) is 6.06. The normalized spacial score (nSPS) is 21.2. The molecule has 0 aromatic carbocycles. The Labute approximate surface area is 219 Å². The molecule has 0 radical (unpaired) electrons. The number of carbonyl (C=O) groups is 2. The lowest BCUT2D eigenvalue weighted by Gasteiger charge is -2.39. The van der Waals surface area contributed by atoms with E-state index in [4.69, 9.17) is 9.57 Å². The van der Waals surface area contributed by atoms with Crippen molar-refractivity contribution in [3.8, 4) is 0 Å². The maximum absolute atomic E-state index is 13.2. The van der Waals surface area contributed by atoms with Gasteiger partial charge in [-0.25, -0.2) is 18.4 Å². The summed E-state index contributed by atoms with van der Waals surface area (Å²) >= 11 is 1.35. The molecule has 14 heteroatoms. The molecule has 0 unspecified atom stereocenters. The van der Waals surface area contributed by atoms with Gasteiger partial charge < -0.3 is 14.5 Å². The molecule has 1 N–H and O–H groups in total. The molecular formula is C23H30N6O6S2. The number of ether oxygens (including phenoxy) is 1. The first-order valence-corrected chi connectivity index (χ1v) is 14.5. The zero-order valence-electron chi connectivity index (χ0n) is 20.9. The first-order chi connectivity index (χ1) is 17.6. The van der Waals surface area contributed by atoms with Gasteiger partial charge in [-0.1, -0.05) is 5.16 Å². The largest absolute Gasteiger partial charge is 0.389 e. The second kappa shape index (κ2) is 11.6. The number of carbonyl (C=O) groups excluding carboxylic acids is 2. The van der Waals surface area contributed by atoms with Crippen molar-refractivity contribution in [3.05, 3.63) is 35.0 Å².